The molecule has 2 rings (SSSR count). The maximum Gasteiger partial charge on any atom is 0.488 e. The highest BCUT2D eigenvalue weighted by Crippen LogP contribution is 2.24. The first-order chi connectivity index (χ1) is 6.70. The molecule has 1 aromatic heterocycles. The third kappa shape index (κ3) is 1.67. The van der Waals surface area contributed by atoms with Crippen molar-refractivity contribution in [3.8, 4) is 0 Å². The van der Waals surface area contributed by atoms with Crippen molar-refractivity contribution in [1.82, 2.24) is 0 Å². The fourth-order valence-corrected chi connectivity index (χ4v) is 2.26. The molecule has 0 bridgehead atoms. The minimum atomic E-state index is -1.43. The number of benzene rings is 1. The van der Waals surface area contributed by atoms with Crippen molar-refractivity contribution in [3.05, 3.63) is 29.1 Å². The van der Waals surface area contributed by atoms with E-state index in [1.54, 1.807) is 12.1 Å². The van der Waals surface area contributed by atoms with Crippen LogP contribution in [0.15, 0.2) is 24.3 Å². The van der Waals surface area contributed by atoms with E-state index in [4.69, 9.17) is 15.2 Å². The molecule has 0 aliphatic carbocycles. The average Bonchev–Trinajstić information content (AvgIpc) is 2.58. The zero-order valence-electron chi connectivity index (χ0n) is 7.34. The van der Waals surface area contributed by atoms with E-state index in [9.17, 15) is 0 Å². The minimum Gasteiger partial charge on any atom is -0.423 e. The van der Waals surface area contributed by atoms with E-state index in [-0.39, 0.29) is 6.61 Å². The molecule has 3 nitrogen and oxygen atoms in total. The van der Waals surface area contributed by atoms with Gasteiger partial charge in [0.15, 0.2) is 0 Å². The van der Waals surface area contributed by atoms with Crippen LogP contribution in [0.25, 0.3) is 10.1 Å². The summed E-state index contributed by atoms with van der Waals surface area (Å²) in [4.78, 5) is 0.879. The zero-order chi connectivity index (χ0) is 10.1. The van der Waals surface area contributed by atoms with Crippen molar-refractivity contribution in [2.45, 2.75) is 6.61 Å². The Labute approximate surface area is 85.4 Å². The van der Waals surface area contributed by atoms with Crippen LogP contribution in [0, 0.1) is 0 Å². The molecule has 1 aromatic carbocycles. The maximum absolute atomic E-state index is 8.96. The molecule has 0 radical (unpaired) electrons. The zero-order valence-corrected chi connectivity index (χ0v) is 8.16. The Morgan fingerprint density at radius 1 is 1.21 bits per heavy atom. The van der Waals surface area contributed by atoms with Crippen molar-refractivity contribution < 1.29 is 15.2 Å². The quantitative estimate of drug-likeness (QED) is 0.612. The van der Waals surface area contributed by atoms with Gasteiger partial charge in [-0.05, 0) is 23.0 Å². The number of rotatable bonds is 2. The molecule has 5 heteroatoms. The molecule has 0 atom stereocenters. The van der Waals surface area contributed by atoms with Gasteiger partial charge in [0.25, 0.3) is 0 Å². The summed E-state index contributed by atoms with van der Waals surface area (Å²) in [7, 11) is -1.43. The molecule has 3 N–H and O–H groups in total. The molecule has 0 fully saturated rings. The molecular formula is C9H9BO3S. The van der Waals surface area contributed by atoms with Gasteiger partial charge in [0.05, 0.1) is 6.61 Å². The van der Waals surface area contributed by atoms with Gasteiger partial charge in [-0.25, -0.2) is 0 Å². The Morgan fingerprint density at radius 3 is 2.64 bits per heavy atom. The molecule has 1 heterocycles. The van der Waals surface area contributed by atoms with E-state index in [0.29, 0.717) is 5.46 Å². The predicted molar refractivity (Wildman–Crippen MR) is 57.6 cm³/mol. The number of hydrogen-bond donors (Lipinski definition) is 3. The molecule has 0 saturated carbocycles. The van der Waals surface area contributed by atoms with Gasteiger partial charge in [-0.15, -0.1) is 11.3 Å². The minimum absolute atomic E-state index is 0.0242. The molecule has 14 heavy (non-hydrogen) atoms. The lowest BCUT2D eigenvalue weighted by molar-refractivity contribution is 0.285. The van der Waals surface area contributed by atoms with Crippen molar-refractivity contribution in [1.29, 1.82) is 0 Å². The lowest BCUT2D eigenvalue weighted by Gasteiger charge is -1.97. The van der Waals surface area contributed by atoms with Crippen LogP contribution in [0.4, 0.5) is 0 Å². The second-order valence-corrected chi connectivity index (χ2v) is 4.21. The molecule has 2 aromatic rings. The van der Waals surface area contributed by atoms with Crippen LogP contribution in [0.1, 0.15) is 4.88 Å². The third-order valence-corrected chi connectivity index (χ3v) is 3.15. The highest BCUT2D eigenvalue weighted by atomic mass is 32.1. The van der Waals surface area contributed by atoms with Gasteiger partial charge in [-0.3, -0.25) is 0 Å². The van der Waals surface area contributed by atoms with Crippen LogP contribution in [0.5, 0.6) is 0 Å². The standard InChI is InChI=1S/C9H9BO3S/c11-5-8-4-6-3-7(10(12)13)1-2-9(6)14-8/h1-4,11-13H,5H2. The number of fused-ring (bicyclic) bond motifs is 1. The fraction of sp³-hybridized carbons (Fsp3) is 0.111. The number of thiophene rings is 1. The molecule has 72 valence electrons. The highest BCUT2D eigenvalue weighted by Gasteiger charge is 2.11. The summed E-state index contributed by atoms with van der Waals surface area (Å²) < 4.78 is 1.04. The maximum atomic E-state index is 8.96. The van der Waals surface area contributed by atoms with Gasteiger partial charge in [-0.1, -0.05) is 12.1 Å². The van der Waals surface area contributed by atoms with Gasteiger partial charge in [0.2, 0.25) is 0 Å². The Morgan fingerprint density at radius 2 is 2.00 bits per heavy atom. The molecule has 0 unspecified atom stereocenters. The van der Waals surface area contributed by atoms with E-state index in [0.717, 1.165) is 15.0 Å². The van der Waals surface area contributed by atoms with E-state index in [2.05, 4.69) is 0 Å². The predicted octanol–water partition coefficient (Wildman–Crippen LogP) is 0.0734. The van der Waals surface area contributed by atoms with Crippen molar-refractivity contribution in [2.24, 2.45) is 0 Å². The molecule has 0 aliphatic rings. The second kappa shape index (κ2) is 3.71. The monoisotopic (exact) mass is 208 g/mol. The summed E-state index contributed by atoms with van der Waals surface area (Å²) >= 11 is 1.50. The van der Waals surface area contributed by atoms with Crippen LogP contribution in [0.2, 0.25) is 0 Å². The topological polar surface area (TPSA) is 60.7 Å². The van der Waals surface area contributed by atoms with Crippen molar-refractivity contribution in [3.63, 3.8) is 0 Å². The van der Waals surface area contributed by atoms with Gasteiger partial charge >= 0.3 is 7.12 Å². The first-order valence-corrected chi connectivity index (χ1v) is 5.01. The summed E-state index contributed by atoms with van der Waals surface area (Å²) in [5.41, 5.74) is 0.472. The number of aliphatic hydroxyl groups excluding tert-OH is 1. The van der Waals surface area contributed by atoms with E-state index in [1.165, 1.54) is 11.3 Å². The van der Waals surface area contributed by atoms with Gasteiger partial charge in [0, 0.05) is 9.58 Å². The smallest absolute Gasteiger partial charge is 0.423 e. The molecule has 0 spiro atoms. The molecule has 0 saturated heterocycles. The van der Waals surface area contributed by atoms with E-state index in [1.807, 2.05) is 12.1 Å². The molecule has 0 aliphatic heterocycles. The van der Waals surface area contributed by atoms with Crippen LogP contribution in [-0.4, -0.2) is 22.3 Å². The lowest BCUT2D eigenvalue weighted by Crippen LogP contribution is -2.29. The van der Waals surface area contributed by atoms with Crippen LogP contribution in [0.3, 0.4) is 0 Å². The molecule has 0 amide bonds. The summed E-state index contributed by atoms with van der Waals surface area (Å²) in [6.07, 6.45) is 0. The Balaban J connectivity index is 2.54. The van der Waals surface area contributed by atoms with Crippen LogP contribution >= 0.6 is 11.3 Å². The first kappa shape index (κ1) is 9.67. The van der Waals surface area contributed by atoms with Gasteiger partial charge < -0.3 is 15.2 Å². The second-order valence-electron chi connectivity index (χ2n) is 3.04. The Hall–Kier alpha value is -0.875. The Bertz CT molecular complexity index is 452. The van der Waals surface area contributed by atoms with Crippen molar-refractivity contribution >= 4 is 34.0 Å². The summed E-state index contributed by atoms with van der Waals surface area (Å²) in [6, 6.07) is 7.07. The summed E-state index contributed by atoms with van der Waals surface area (Å²) in [6.45, 7) is 0.0242. The largest absolute Gasteiger partial charge is 0.488 e. The summed E-state index contributed by atoms with van der Waals surface area (Å²) in [5, 5.41) is 27.8. The highest BCUT2D eigenvalue weighted by molar-refractivity contribution is 7.19. The molecular weight excluding hydrogens is 199 g/mol. The number of hydrogen-bond acceptors (Lipinski definition) is 4. The Kier molecular flexibility index (Phi) is 2.56. The van der Waals surface area contributed by atoms with Crippen LogP contribution in [-0.2, 0) is 6.61 Å². The van der Waals surface area contributed by atoms with Gasteiger partial charge in [0.1, 0.15) is 0 Å². The van der Waals surface area contributed by atoms with Crippen LogP contribution < -0.4 is 5.46 Å². The SMILES string of the molecule is OCc1cc2cc(B(O)O)ccc2s1. The summed E-state index contributed by atoms with van der Waals surface area (Å²) in [5.74, 6) is 0. The fourth-order valence-electron chi connectivity index (χ4n) is 1.36. The van der Waals surface area contributed by atoms with Gasteiger partial charge in [-0.2, -0.15) is 0 Å². The normalized spacial score (nSPS) is 10.8. The van der Waals surface area contributed by atoms with Crippen molar-refractivity contribution in [2.75, 3.05) is 0 Å². The average molecular weight is 208 g/mol. The number of aliphatic hydroxyl groups is 1. The van der Waals surface area contributed by atoms with E-state index < -0.39 is 7.12 Å². The van der Waals surface area contributed by atoms with E-state index >= 15 is 0 Å². The third-order valence-electron chi connectivity index (χ3n) is 2.05. The lowest BCUT2D eigenvalue weighted by atomic mass is 9.80. The first-order valence-electron chi connectivity index (χ1n) is 4.20.